The number of para-hydroxylation sites is 1. The van der Waals surface area contributed by atoms with E-state index >= 15 is 0 Å². The van der Waals surface area contributed by atoms with E-state index in [4.69, 9.17) is 4.74 Å². The van der Waals surface area contributed by atoms with Crippen LogP contribution < -0.4 is 4.74 Å². The minimum absolute atomic E-state index is 0.370. The highest BCUT2D eigenvalue weighted by molar-refractivity contribution is 5.39. The molecule has 112 valence electrons. The quantitative estimate of drug-likeness (QED) is 0.898. The predicted octanol–water partition coefficient (Wildman–Crippen LogP) is 2.92. The molecular formula is C17H27NO2. The Labute approximate surface area is 122 Å². The van der Waals surface area contributed by atoms with Gasteiger partial charge in [-0.2, -0.15) is 0 Å². The van der Waals surface area contributed by atoms with Gasteiger partial charge in [-0.1, -0.05) is 24.6 Å². The van der Waals surface area contributed by atoms with E-state index in [1.165, 1.54) is 19.3 Å². The monoisotopic (exact) mass is 277 g/mol. The zero-order valence-electron chi connectivity index (χ0n) is 12.9. The fourth-order valence-corrected chi connectivity index (χ4v) is 2.96. The molecule has 2 rings (SSSR count). The van der Waals surface area contributed by atoms with E-state index in [9.17, 15) is 5.11 Å². The van der Waals surface area contributed by atoms with Gasteiger partial charge in [0.25, 0.3) is 0 Å². The van der Waals surface area contributed by atoms with Crippen LogP contribution >= 0.6 is 0 Å². The van der Waals surface area contributed by atoms with Crippen molar-refractivity contribution >= 4 is 0 Å². The Morgan fingerprint density at radius 2 is 2.00 bits per heavy atom. The Morgan fingerprint density at radius 3 is 2.65 bits per heavy atom. The van der Waals surface area contributed by atoms with Crippen molar-refractivity contribution in [2.45, 2.75) is 52.2 Å². The van der Waals surface area contributed by atoms with Gasteiger partial charge in [0, 0.05) is 12.6 Å². The topological polar surface area (TPSA) is 32.7 Å². The maximum absolute atomic E-state index is 10.2. The molecule has 0 unspecified atom stereocenters. The minimum atomic E-state index is -0.422. The van der Waals surface area contributed by atoms with Crippen LogP contribution in [0.3, 0.4) is 0 Å². The van der Waals surface area contributed by atoms with Crippen LogP contribution in [-0.2, 0) is 0 Å². The van der Waals surface area contributed by atoms with Crippen LogP contribution in [0.15, 0.2) is 18.2 Å². The van der Waals surface area contributed by atoms with E-state index in [0.717, 1.165) is 23.4 Å². The van der Waals surface area contributed by atoms with E-state index in [1.54, 1.807) is 0 Å². The molecule has 0 saturated carbocycles. The van der Waals surface area contributed by atoms with Crippen molar-refractivity contribution in [2.24, 2.45) is 0 Å². The number of benzene rings is 1. The lowest BCUT2D eigenvalue weighted by molar-refractivity contribution is 0.0434. The standard InChI is InChI=1S/C17H27NO2/c1-13-7-6-8-14(2)17(13)20-12-16(19)11-18-10-5-4-9-15(18)3/h6-8,15-16,19H,4-5,9-12H2,1-3H3/t15-,16-/m0/s1. The normalized spacial score (nSPS) is 21.7. The lowest BCUT2D eigenvalue weighted by Crippen LogP contribution is -2.43. The van der Waals surface area contributed by atoms with Crippen molar-refractivity contribution in [3.05, 3.63) is 29.3 Å². The number of aryl methyl sites for hydroxylation is 2. The molecule has 1 fully saturated rings. The highest BCUT2D eigenvalue weighted by Crippen LogP contribution is 2.22. The van der Waals surface area contributed by atoms with Gasteiger partial charge in [-0.25, -0.2) is 0 Å². The lowest BCUT2D eigenvalue weighted by Gasteiger charge is -2.34. The van der Waals surface area contributed by atoms with E-state index in [0.29, 0.717) is 19.2 Å². The highest BCUT2D eigenvalue weighted by atomic mass is 16.5. The molecule has 3 nitrogen and oxygen atoms in total. The van der Waals surface area contributed by atoms with Gasteiger partial charge >= 0.3 is 0 Å². The van der Waals surface area contributed by atoms with Gasteiger partial charge < -0.3 is 9.84 Å². The molecule has 0 radical (unpaired) electrons. The maximum Gasteiger partial charge on any atom is 0.125 e. The van der Waals surface area contributed by atoms with Crippen molar-refractivity contribution in [1.29, 1.82) is 0 Å². The van der Waals surface area contributed by atoms with Gasteiger partial charge in [-0.05, 0) is 51.3 Å². The molecule has 1 N–H and O–H groups in total. The zero-order valence-corrected chi connectivity index (χ0v) is 12.9. The predicted molar refractivity (Wildman–Crippen MR) is 82.3 cm³/mol. The number of piperidine rings is 1. The first-order valence-corrected chi connectivity index (χ1v) is 7.69. The molecule has 1 aromatic rings. The summed E-state index contributed by atoms with van der Waals surface area (Å²) >= 11 is 0. The van der Waals surface area contributed by atoms with Crippen molar-refractivity contribution in [3.63, 3.8) is 0 Å². The number of nitrogens with zero attached hydrogens (tertiary/aromatic N) is 1. The first kappa shape index (κ1) is 15.3. The van der Waals surface area contributed by atoms with Gasteiger partial charge in [0.2, 0.25) is 0 Å². The van der Waals surface area contributed by atoms with Crippen LogP contribution in [0.2, 0.25) is 0 Å². The fraction of sp³-hybridized carbons (Fsp3) is 0.647. The summed E-state index contributed by atoms with van der Waals surface area (Å²) in [5.41, 5.74) is 2.26. The second kappa shape index (κ2) is 7.09. The molecule has 1 aromatic carbocycles. The van der Waals surface area contributed by atoms with Crippen LogP contribution in [0.4, 0.5) is 0 Å². The van der Waals surface area contributed by atoms with Gasteiger partial charge in [0.1, 0.15) is 18.5 Å². The third-order valence-electron chi connectivity index (χ3n) is 4.21. The molecule has 0 aromatic heterocycles. The third-order valence-corrected chi connectivity index (χ3v) is 4.21. The molecule has 1 aliphatic heterocycles. The average Bonchev–Trinajstić information content (AvgIpc) is 2.41. The molecule has 1 saturated heterocycles. The van der Waals surface area contributed by atoms with Crippen molar-refractivity contribution in [3.8, 4) is 5.75 Å². The number of hydrogen-bond acceptors (Lipinski definition) is 3. The first-order chi connectivity index (χ1) is 9.58. The highest BCUT2D eigenvalue weighted by Gasteiger charge is 2.21. The number of β-amino-alcohol motifs (C(OH)–C–C–N with tert-alkyl or cyclic N) is 1. The van der Waals surface area contributed by atoms with Crippen LogP contribution in [0.5, 0.6) is 5.75 Å². The van der Waals surface area contributed by atoms with Gasteiger partial charge in [-0.3, -0.25) is 4.90 Å². The molecule has 0 spiro atoms. The number of hydrogen-bond donors (Lipinski definition) is 1. The average molecular weight is 277 g/mol. The summed E-state index contributed by atoms with van der Waals surface area (Å²) in [6.45, 7) is 8.52. The van der Waals surface area contributed by atoms with Gasteiger partial charge in [-0.15, -0.1) is 0 Å². The SMILES string of the molecule is Cc1cccc(C)c1OC[C@@H](O)CN1CCCC[C@@H]1C. The minimum Gasteiger partial charge on any atom is -0.490 e. The smallest absolute Gasteiger partial charge is 0.125 e. The summed E-state index contributed by atoms with van der Waals surface area (Å²) < 4.78 is 5.83. The van der Waals surface area contributed by atoms with Crippen LogP contribution in [0.25, 0.3) is 0 Å². The molecule has 0 amide bonds. The molecular weight excluding hydrogens is 250 g/mol. The van der Waals surface area contributed by atoms with Crippen LogP contribution in [-0.4, -0.2) is 41.8 Å². The maximum atomic E-state index is 10.2. The van der Waals surface area contributed by atoms with E-state index in [-0.39, 0.29) is 0 Å². The summed E-state index contributed by atoms with van der Waals surface area (Å²) in [5, 5.41) is 10.2. The van der Waals surface area contributed by atoms with Crippen LogP contribution in [0.1, 0.15) is 37.3 Å². The third kappa shape index (κ3) is 3.97. The van der Waals surface area contributed by atoms with Crippen molar-refractivity contribution < 1.29 is 9.84 Å². The largest absolute Gasteiger partial charge is 0.490 e. The number of rotatable bonds is 5. The van der Waals surface area contributed by atoms with Gasteiger partial charge in [0.15, 0.2) is 0 Å². The second-order valence-corrected chi connectivity index (χ2v) is 6.03. The Hall–Kier alpha value is -1.06. The van der Waals surface area contributed by atoms with Crippen molar-refractivity contribution in [2.75, 3.05) is 19.7 Å². The zero-order chi connectivity index (χ0) is 14.5. The number of aliphatic hydroxyl groups excluding tert-OH is 1. The first-order valence-electron chi connectivity index (χ1n) is 7.69. The summed E-state index contributed by atoms with van der Waals surface area (Å²) in [7, 11) is 0. The summed E-state index contributed by atoms with van der Waals surface area (Å²) in [4.78, 5) is 2.38. The molecule has 0 bridgehead atoms. The summed E-state index contributed by atoms with van der Waals surface area (Å²) in [6.07, 6.45) is 3.38. The molecule has 2 atom stereocenters. The molecule has 0 aliphatic carbocycles. The van der Waals surface area contributed by atoms with E-state index < -0.39 is 6.10 Å². The Kier molecular flexibility index (Phi) is 5.44. The van der Waals surface area contributed by atoms with E-state index in [2.05, 4.69) is 11.8 Å². The Morgan fingerprint density at radius 1 is 1.30 bits per heavy atom. The lowest BCUT2D eigenvalue weighted by atomic mass is 10.0. The number of likely N-dealkylation sites (tertiary alicyclic amines) is 1. The molecule has 1 aliphatic rings. The summed E-state index contributed by atoms with van der Waals surface area (Å²) in [5.74, 6) is 0.915. The molecule has 20 heavy (non-hydrogen) atoms. The van der Waals surface area contributed by atoms with E-state index in [1.807, 2.05) is 32.0 Å². The number of aliphatic hydroxyl groups is 1. The summed E-state index contributed by atoms with van der Waals surface area (Å²) in [6, 6.07) is 6.70. The fourth-order valence-electron chi connectivity index (χ4n) is 2.96. The Bertz CT molecular complexity index is 413. The molecule has 3 heteroatoms. The van der Waals surface area contributed by atoms with Crippen molar-refractivity contribution in [1.82, 2.24) is 4.90 Å². The number of ether oxygens (including phenoxy) is 1. The second-order valence-electron chi connectivity index (χ2n) is 6.03. The molecule has 1 heterocycles. The Balaban J connectivity index is 1.84. The van der Waals surface area contributed by atoms with Gasteiger partial charge in [0.05, 0.1) is 0 Å². The van der Waals surface area contributed by atoms with Crippen LogP contribution in [0, 0.1) is 13.8 Å².